The number of hydrogen-bond donors (Lipinski definition) is 0. The maximum atomic E-state index is 2.27. The van der Waals surface area contributed by atoms with E-state index in [1.54, 1.807) is 0 Å². The van der Waals surface area contributed by atoms with Gasteiger partial charge in [-0.15, -0.1) is 0 Å². The van der Waals surface area contributed by atoms with E-state index in [0.29, 0.717) is 16.2 Å². The highest BCUT2D eigenvalue weighted by Crippen LogP contribution is 2.19. The summed E-state index contributed by atoms with van der Waals surface area (Å²) in [4.78, 5) is 0. The molecule has 0 rings (SSSR count). The Morgan fingerprint density at radius 2 is 0.556 bits per heavy atom. The fourth-order valence-corrected chi connectivity index (χ4v) is 1.10. The maximum absolute atomic E-state index is 2.27. The van der Waals surface area contributed by atoms with Crippen molar-refractivity contribution >= 4 is 0 Å². The summed E-state index contributed by atoms with van der Waals surface area (Å²) in [6.07, 6.45) is 11.9. The zero-order valence-electron chi connectivity index (χ0n) is 25.9. The summed E-state index contributed by atoms with van der Waals surface area (Å²) in [6, 6.07) is 0. The van der Waals surface area contributed by atoms with E-state index in [4.69, 9.17) is 0 Å². The monoisotopic (exact) mass is 529 g/mol. The lowest BCUT2D eigenvalue weighted by Crippen LogP contribution is -2.02. The van der Waals surface area contributed by atoms with Crippen molar-refractivity contribution in [3.63, 3.8) is 0 Å². The Bertz CT molecular complexity index is 218. The van der Waals surface area contributed by atoms with Crippen molar-refractivity contribution < 1.29 is 0 Å². The van der Waals surface area contributed by atoms with Crippen LogP contribution in [0.1, 0.15) is 227 Å². The fraction of sp³-hybridized carbons (Fsp3) is 1.00. The molecule has 0 aliphatic carbocycles. The second-order valence-corrected chi connectivity index (χ2v) is 12.3. The van der Waals surface area contributed by atoms with Crippen molar-refractivity contribution in [3.05, 3.63) is 0 Å². The molecule has 0 nitrogen and oxygen atoms in total. The van der Waals surface area contributed by atoms with E-state index >= 15 is 0 Å². The van der Waals surface area contributed by atoms with Gasteiger partial charge in [-0.2, -0.15) is 0 Å². The van der Waals surface area contributed by atoms with Crippen LogP contribution in [-0.2, 0) is 0 Å². The van der Waals surface area contributed by atoms with Gasteiger partial charge in [-0.3, -0.25) is 0 Å². The first-order valence-electron chi connectivity index (χ1n) is 13.4. The van der Waals surface area contributed by atoms with E-state index in [1.165, 1.54) is 57.8 Å². The molecule has 0 fully saturated rings. The second-order valence-electron chi connectivity index (χ2n) is 12.3. The minimum absolute atomic E-state index is 0. The normalized spacial score (nSPS) is 8.50. The summed E-state index contributed by atoms with van der Waals surface area (Å²) in [7, 11) is 0. The second kappa shape index (κ2) is 55.5. The third-order valence-corrected chi connectivity index (χ3v) is 3.27. The molecule has 0 aromatic carbocycles. The minimum Gasteiger partial charge on any atom is -0.0776 e. The number of hydrogen-bond acceptors (Lipinski definition) is 0. The Morgan fingerprint density at radius 1 is 0.361 bits per heavy atom. The first-order chi connectivity index (χ1) is 13.4. The molecule has 0 aliphatic rings. The molecule has 0 unspecified atom stereocenters. The lowest BCUT2D eigenvalue weighted by atomic mass is 9.91. The highest BCUT2D eigenvalue weighted by Gasteiger charge is 2.06. The number of rotatable bonds is 4. The van der Waals surface area contributed by atoms with Crippen LogP contribution in [0.25, 0.3) is 0 Å². The average Bonchev–Trinajstić information content (AvgIpc) is 2.54. The zero-order valence-corrected chi connectivity index (χ0v) is 25.9. The Morgan fingerprint density at radius 3 is 0.556 bits per heavy atom. The molecular formula is C36H96. The van der Waals surface area contributed by atoms with Gasteiger partial charge >= 0.3 is 0 Å². The third-order valence-electron chi connectivity index (χ3n) is 3.27. The fourth-order valence-electron chi connectivity index (χ4n) is 1.10. The summed E-state index contributed by atoms with van der Waals surface area (Å²) in [5, 5.41) is 0. The molecule has 0 heterocycles. The molecule has 0 spiro atoms. The van der Waals surface area contributed by atoms with Gasteiger partial charge in [-0.05, 0) is 22.7 Å². The molecule has 0 amide bonds. The van der Waals surface area contributed by atoms with Crippen LogP contribution in [0.4, 0.5) is 0 Å². The molecule has 0 N–H and O–H groups in total. The topological polar surface area (TPSA) is 0 Å². The van der Waals surface area contributed by atoms with Gasteiger partial charge in [0.2, 0.25) is 0 Å². The highest BCUT2D eigenvalue weighted by molar-refractivity contribution is 4.58. The van der Waals surface area contributed by atoms with Crippen molar-refractivity contribution in [2.45, 2.75) is 227 Å². The quantitative estimate of drug-likeness (QED) is 0.340. The van der Waals surface area contributed by atoms with E-state index < -0.39 is 0 Å². The summed E-state index contributed by atoms with van der Waals surface area (Å²) >= 11 is 0. The van der Waals surface area contributed by atoms with Crippen molar-refractivity contribution in [1.82, 2.24) is 0 Å². The van der Waals surface area contributed by atoms with Gasteiger partial charge in [0, 0.05) is 0 Å². The molecule has 240 valence electrons. The van der Waals surface area contributed by atoms with Crippen LogP contribution in [0, 0.1) is 16.2 Å². The SMILES string of the molecule is C.C.C.C.C.C.CC(C)(C)C.CCC.CCC(C)(C)C.CCCC.CCCC(C)(C)C.CCCCC. The van der Waals surface area contributed by atoms with E-state index in [0.717, 1.165) is 0 Å². The lowest BCUT2D eigenvalue weighted by Gasteiger charge is -2.15. The Hall–Kier alpha value is 0. The molecule has 36 heavy (non-hydrogen) atoms. The molecule has 0 heteroatoms. The van der Waals surface area contributed by atoms with Crippen molar-refractivity contribution in [1.29, 1.82) is 0 Å². The molecule has 0 aromatic rings. The molecule has 0 aromatic heterocycles. The van der Waals surface area contributed by atoms with Crippen LogP contribution in [0.15, 0.2) is 0 Å². The average molecular weight is 529 g/mol. The van der Waals surface area contributed by atoms with Gasteiger partial charge in [0.25, 0.3) is 0 Å². The van der Waals surface area contributed by atoms with Crippen molar-refractivity contribution in [3.8, 4) is 0 Å². The van der Waals surface area contributed by atoms with Crippen LogP contribution in [0.2, 0.25) is 0 Å². The smallest absolute Gasteiger partial charge is 0.0383 e. The largest absolute Gasteiger partial charge is 0.0776 e. The molecule has 0 bridgehead atoms. The van der Waals surface area contributed by atoms with Crippen LogP contribution >= 0.6 is 0 Å². The molecule has 0 aliphatic heterocycles. The van der Waals surface area contributed by atoms with E-state index in [2.05, 4.69) is 125 Å². The van der Waals surface area contributed by atoms with Gasteiger partial charge < -0.3 is 0 Å². The first kappa shape index (κ1) is 76.6. The molecule has 0 radical (unpaired) electrons. The Balaban J connectivity index is -0.0000000189. The van der Waals surface area contributed by atoms with E-state index in [1.807, 2.05) is 0 Å². The first-order valence-corrected chi connectivity index (χ1v) is 13.4. The maximum Gasteiger partial charge on any atom is -0.0383 e. The minimum atomic E-state index is 0. The number of unbranched alkanes of at least 4 members (excludes halogenated alkanes) is 3. The van der Waals surface area contributed by atoms with Crippen molar-refractivity contribution in [2.24, 2.45) is 16.2 Å². The molecule has 0 saturated carbocycles. The van der Waals surface area contributed by atoms with Crippen LogP contribution in [0.5, 0.6) is 0 Å². The van der Waals surface area contributed by atoms with Gasteiger partial charge in [0.1, 0.15) is 0 Å². The van der Waals surface area contributed by atoms with Gasteiger partial charge in [-0.1, -0.05) is 221 Å². The summed E-state index contributed by atoms with van der Waals surface area (Å²) in [6.45, 7) is 39.8. The van der Waals surface area contributed by atoms with Crippen LogP contribution in [-0.4, -0.2) is 0 Å². The van der Waals surface area contributed by atoms with Crippen LogP contribution in [0.3, 0.4) is 0 Å². The van der Waals surface area contributed by atoms with Gasteiger partial charge in [0.05, 0.1) is 0 Å². The Labute approximate surface area is 243 Å². The van der Waals surface area contributed by atoms with Crippen LogP contribution < -0.4 is 0 Å². The molecule has 0 atom stereocenters. The summed E-state index contributed by atoms with van der Waals surface area (Å²) < 4.78 is 0. The predicted molar refractivity (Wildman–Crippen MR) is 191 cm³/mol. The molecule has 0 saturated heterocycles. The summed E-state index contributed by atoms with van der Waals surface area (Å²) in [5.74, 6) is 0. The predicted octanol–water partition coefficient (Wildman–Crippen LogP) is 16.6. The molecular weight excluding hydrogens is 432 g/mol. The highest BCUT2D eigenvalue weighted by atomic mass is 14.1. The van der Waals surface area contributed by atoms with Gasteiger partial charge in [-0.25, -0.2) is 0 Å². The van der Waals surface area contributed by atoms with Gasteiger partial charge in [0.15, 0.2) is 0 Å². The lowest BCUT2D eigenvalue weighted by molar-refractivity contribution is 0.373. The van der Waals surface area contributed by atoms with E-state index in [-0.39, 0.29) is 44.6 Å². The third kappa shape index (κ3) is 370. The van der Waals surface area contributed by atoms with Crippen molar-refractivity contribution in [2.75, 3.05) is 0 Å². The zero-order chi connectivity index (χ0) is 25.9. The van der Waals surface area contributed by atoms with E-state index in [9.17, 15) is 0 Å². The summed E-state index contributed by atoms with van der Waals surface area (Å²) in [5.41, 5.74) is 1.59. The standard InChI is InChI=1S/C7H16.C6H14.2C5H12.C4H10.C3H8.6CH4/c1-5-6-7(2,3)4;1-5-6(2,3)4;1-5(2,3)4;1-3-5-4-2;1-3-4-2;1-3-2;;;;;;/h5-6H2,1-4H3;5H2,1-4H3;1-4H3;3-5H2,1-2H3;3-4H2,1-2H3;3H2,1-2H3;6*1H4. The Kier molecular flexibility index (Phi) is 118.